The lowest BCUT2D eigenvalue weighted by Gasteiger charge is -2.46. The first kappa shape index (κ1) is 20.9. The first-order valence-corrected chi connectivity index (χ1v) is 11.0. The normalized spacial score (nSPS) is 25.6. The molecule has 30 heavy (non-hydrogen) atoms. The van der Waals surface area contributed by atoms with E-state index in [1.54, 1.807) is 7.11 Å². The van der Waals surface area contributed by atoms with Gasteiger partial charge in [-0.3, -0.25) is 4.79 Å². The molecule has 0 radical (unpaired) electrons. The zero-order valence-corrected chi connectivity index (χ0v) is 18.4. The van der Waals surface area contributed by atoms with Gasteiger partial charge in [-0.05, 0) is 76.3 Å². The third-order valence-corrected chi connectivity index (χ3v) is 6.53. The van der Waals surface area contributed by atoms with Crippen LogP contribution in [0.25, 0.3) is 0 Å². The molecule has 2 aromatic carbocycles. The van der Waals surface area contributed by atoms with Crippen molar-refractivity contribution in [2.75, 3.05) is 7.11 Å². The van der Waals surface area contributed by atoms with Crippen LogP contribution in [-0.2, 0) is 4.74 Å². The molecule has 2 aromatic rings. The van der Waals surface area contributed by atoms with E-state index in [1.807, 2.05) is 43.3 Å². The molecule has 0 bridgehead atoms. The Bertz CT molecular complexity index is 909. The maximum absolute atomic E-state index is 13.1. The Labute approximate surface area is 179 Å². The number of benzene rings is 2. The number of ketones is 1. The summed E-state index contributed by atoms with van der Waals surface area (Å²) < 4.78 is 18.1. The first-order chi connectivity index (χ1) is 14.4. The molecule has 0 N–H and O–H groups in total. The highest BCUT2D eigenvalue weighted by atomic mass is 16.5. The van der Waals surface area contributed by atoms with E-state index >= 15 is 0 Å². The number of ether oxygens (including phenoxy) is 3. The van der Waals surface area contributed by atoms with E-state index in [1.165, 1.54) is 0 Å². The third-order valence-electron chi connectivity index (χ3n) is 6.53. The molecule has 0 aromatic heterocycles. The maximum atomic E-state index is 13.1. The van der Waals surface area contributed by atoms with E-state index < -0.39 is 0 Å². The van der Waals surface area contributed by atoms with Gasteiger partial charge in [0.1, 0.15) is 17.1 Å². The summed E-state index contributed by atoms with van der Waals surface area (Å²) in [5.74, 6) is 2.04. The average molecular weight is 409 g/mol. The number of hydrogen-bond donors (Lipinski definition) is 0. The molecule has 0 amide bonds. The fraction of sp³-hybridized carbons (Fsp3) is 0.500. The predicted molar refractivity (Wildman–Crippen MR) is 117 cm³/mol. The van der Waals surface area contributed by atoms with Gasteiger partial charge in [-0.25, -0.2) is 0 Å². The summed E-state index contributed by atoms with van der Waals surface area (Å²) in [4.78, 5) is 13.1. The van der Waals surface area contributed by atoms with Crippen LogP contribution in [-0.4, -0.2) is 24.6 Å². The molecule has 1 atom stereocenters. The summed E-state index contributed by atoms with van der Waals surface area (Å²) in [6, 6.07) is 13.9. The fourth-order valence-corrected chi connectivity index (χ4v) is 4.99. The molecule has 4 rings (SSSR count). The molecule has 1 aliphatic carbocycles. The minimum Gasteiger partial charge on any atom is -0.496 e. The van der Waals surface area contributed by atoms with E-state index in [0.717, 1.165) is 60.3 Å². The van der Waals surface area contributed by atoms with Crippen molar-refractivity contribution >= 4 is 5.78 Å². The van der Waals surface area contributed by atoms with Crippen LogP contribution in [0.3, 0.4) is 0 Å². The Morgan fingerprint density at radius 1 is 1.13 bits per heavy atom. The molecule has 160 valence electrons. The molecular weight excluding hydrogens is 376 g/mol. The van der Waals surface area contributed by atoms with E-state index in [0.29, 0.717) is 0 Å². The van der Waals surface area contributed by atoms with Gasteiger partial charge in [0, 0.05) is 23.5 Å². The van der Waals surface area contributed by atoms with Crippen molar-refractivity contribution in [3.05, 3.63) is 59.2 Å². The molecule has 1 aliphatic heterocycles. The Balaban J connectivity index is 1.48. The Hall–Kier alpha value is -2.33. The summed E-state index contributed by atoms with van der Waals surface area (Å²) in [6.07, 6.45) is 4.52. The number of fused-ring (bicyclic) bond motifs is 1. The van der Waals surface area contributed by atoms with Crippen molar-refractivity contribution in [2.45, 2.75) is 70.7 Å². The third kappa shape index (κ3) is 4.11. The highest BCUT2D eigenvalue weighted by Crippen LogP contribution is 2.49. The molecule has 1 saturated carbocycles. The number of rotatable bonds is 5. The zero-order chi connectivity index (χ0) is 21.3. The summed E-state index contributed by atoms with van der Waals surface area (Å²) in [5, 5.41) is 0. The van der Waals surface area contributed by atoms with Crippen LogP contribution in [0.1, 0.15) is 73.5 Å². The fourth-order valence-electron chi connectivity index (χ4n) is 4.99. The number of hydrogen-bond acceptors (Lipinski definition) is 4. The average Bonchev–Trinajstić information content (AvgIpc) is 2.73. The van der Waals surface area contributed by atoms with Crippen LogP contribution < -0.4 is 9.47 Å². The number of aryl methyl sites for hydroxylation is 1. The molecule has 4 nitrogen and oxygen atoms in total. The van der Waals surface area contributed by atoms with Gasteiger partial charge in [0.25, 0.3) is 0 Å². The van der Waals surface area contributed by atoms with E-state index in [4.69, 9.17) is 14.2 Å². The van der Waals surface area contributed by atoms with Gasteiger partial charge in [0.15, 0.2) is 5.78 Å². The summed E-state index contributed by atoms with van der Waals surface area (Å²) in [5.41, 5.74) is 2.69. The van der Waals surface area contributed by atoms with Gasteiger partial charge in [0.05, 0.1) is 19.3 Å². The van der Waals surface area contributed by atoms with Crippen LogP contribution in [0.15, 0.2) is 42.5 Å². The van der Waals surface area contributed by atoms with Gasteiger partial charge < -0.3 is 14.2 Å². The maximum Gasteiger partial charge on any atom is 0.165 e. The SMILES string of the molecule is COc1ccc(C(=O)C2CCC3(CC2)CC(OC(C)C)c2ccccc2O3)cc1C. The summed E-state index contributed by atoms with van der Waals surface area (Å²) >= 11 is 0. The Morgan fingerprint density at radius 2 is 1.87 bits per heavy atom. The lowest BCUT2D eigenvalue weighted by atomic mass is 9.72. The van der Waals surface area contributed by atoms with Crippen molar-refractivity contribution in [3.63, 3.8) is 0 Å². The quantitative estimate of drug-likeness (QED) is 0.564. The lowest BCUT2D eigenvalue weighted by molar-refractivity contribution is -0.0849. The van der Waals surface area contributed by atoms with Gasteiger partial charge in [0.2, 0.25) is 0 Å². The highest BCUT2D eigenvalue weighted by Gasteiger charge is 2.45. The molecule has 1 fully saturated rings. The van der Waals surface area contributed by atoms with Crippen molar-refractivity contribution in [2.24, 2.45) is 5.92 Å². The number of Topliss-reactive ketones (excluding diaryl/α,β-unsaturated/α-hetero) is 1. The molecule has 1 unspecified atom stereocenters. The molecular formula is C26H32O4. The Morgan fingerprint density at radius 3 is 2.53 bits per heavy atom. The van der Waals surface area contributed by atoms with Crippen LogP contribution in [0.2, 0.25) is 0 Å². The summed E-state index contributed by atoms with van der Waals surface area (Å²) in [7, 11) is 1.66. The lowest BCUT2D eigenvalue weighted by Crippen LogP contribution is -2.45. The van der Waals surface area contributed by atoms with Crippen molar-refractivity contribution < 1.29 is 19.0 Å². The second-order valence-electron chi connectivity index (χ2n) is 9.02. The topological polar surface area (TPSA) is 44.8 Å². The molecule has 1 spiro atoms. The summed E-state index contributed by atoms with van der Waals surface area (Å²) in [6.45, 7) is 6.14. The zero-order valence-electron chi connectivity index (χ0n) is 18.4. The highest BCUT2D eigenvalue weighted by molar-refractivity contribution is 5.98. The van der Waals surface area contributed by atoms with E-state index in [-0.39, 0.29) is 29.5 Å². The molecule has 0 saturated heterocycles. The number of carbonyl (C=O) groups is 1. The smallest absolute Gasteiger partial charge is 0.165 e. The second-order valence-corrected chi connectivity index (χ2v) is 9.02. The second kappa shape index (κ2) is 8.43. The largest absolute Gasteiger partial charge is 0.496 e. The van der Waals surface area contributed by atoms with Crippen molar-refractivity contribution in [1.29, 1.82) is 0 Å². The number of methoxy groups -OCH3 is 1. The van der Waals surface area contributed by atoms with E-state index in [2.05, 4.69) is 19.9 Å². The van der Waals surface area contributed by atoms with Gasteiger partial charge in [-0.1, -0.05) is 18.2 Å². The minimum atomic E-state index is -0.236. The first-order valence-electron chi connectivity index (χ1n) is 11.0. The molecule has 1 heterocycles. The van der Waals surface area contributed by atoms with Crippen LogP contribution >= 0.6 is 0 Å². The van der Waals surface area contributed by atoms with Crippen LogP contribution in [0, 0.1) is 12.8 Å². The molecule has 4 heteroatoms. The van der Waals surface area contributed by atoms with Gasteiger partial charge >= 0.3 is 0 Å². The van der Waals surface area contributed by atoms with Crippen molar-refractivity contribution in [1.82, 2.24) is 0 Å². The minimum absolute atomic E-state index is 0.0476. The van der Waals surface area contributed by atoms with E-state index in [9.17, 15) is 4.79 Å². The van der Waals surface area contributed by atoms with Crippen LogP contribution in [0.4, 0.5) is 0 Å². The standard InChI is InChI=1S/C26H32O4/c1-17(2)29-24-16-26(30-23-8-6-5-7-21(23)24)13-11-19(12-14-26)25(27)20-9-10-22(28-4)18(3)15-20/h5-10,15,17,19,24H,11-14,16H2,1-4H3. The monoisotopic (exact) mass is 408 g/mol. The van der Waals surface area contributed by atoms with Crippen molar-refractivity contribution in [3.8, 4) is 11.5 Å². The predicted octanol–water partition coefficient (Wildman–Crippen LogP) is 6.06. The molecule has 2 aliphatic rings. The number of para-hydroxylation sites is 1. The van der Waals surface area contributed by atoms with Gasteiger partial charge in [-0.15, -0.1) is 0 Å². The van der Waals surface area contributed by atoms with Crippen LogP contribution in [0.5, 0.6) is 11.5 Å². The Kier molecular flexibility index (Phi) is 5.88. The van der Waals surface area contributed by atoms with Gasteiger partial charge in [-0.2, -0.15) is 0 Å². The number of carbonyl (C=O) groups excluding carboxylic acids is 1.